The van der Waals surface area contributed by atoms with E-state index in [1.54, 1.807) is 30.2 Å². The highest BCUT2D eigenvalue weighted by atomic mass is 35.5. The van der Waals surface area contributed by atoms with Crippen LogP contribution in [0.3, 0.4) is 0 Å². The summed E-state index contributed by atoms with van der Waals surface area (Å²) >= 11 is 7.12. The van der Waals surface area contributed by atoms with Gasteiger partial charge in [0, 0.05) is 23.2 Å². The zero-order valence-electron chi connectivity index (χ0n) is 15.1. The molecule has 1 aliphatic heterocycles. The third-order valence-electron chi connectivity index (χ3n) is 4.51. The molecule has 9 heteroatoms. The van der Waals surface area contributed by atoms with Crippen molar-refractivity contribution in [2.45, 2.75) is 36.8 Å². The Labute approximate surface area is 168 Å². The van der Waals surface area contributed by atoms with E-state index in [4.69, 9.17) is 16.0 Å². The van der Waals surface area contributed by atoms with Crippen molar-refractivity contribution in [1.29, 1.82) is 0 Å². The predicted octanol–water partition coefficient (Wildman–Crippen LogP) is 3.51. The van der Waals surface area contributed by atoms with E-state index in [2.05, 4.69) is 4.98 Å². The van der Waals surface area contributed by atoms with Gasteiger partial charge in [0.05, 0.1) is 23.0 Å². The maximum Gasteiger partial charge on any atom is 0.256 e. The number of halogens is 1. The number of oxazole rings is 1. The standard InChI is InChI=1S/C18H21ClN2O4S2/c1-3-21(15-8-9-27(23,24)11-15)17(22)12(2)26-18-20-10-16(25-18)13-4-6-14(19)7-5-13/h4-7,10,12,15H,3,8-9,11H2,1-2H3/t12-,15+/m0/s1. The average molecular weight is 429 g/mol. The summed E-state index contributed by atoms with van der Waals surface area (Å²) in [5.74, 6) is 0.690. The van der Waals surface area contributed by atoms with Gasteiger partial charge in [0.2, 0.25) is 5.91 Å². The number of carbonyl (C=O) groups is 1. The number of benzene rings is 1. The molecule has 1 amide bonds. The minimum absolute atomic E-state index is 0.0453. The Balaban J connectivity index is 1.66. The molecule has 1 fully saturated rings. The Morgan fingerprint density at radius 2 is 2.11 bits per heavy atom. The third-order valence-corrected chi connectivity index (χ3v) is 7.46. The lowest BCUT2D eigenvalue weighted by Crippen LogP contribution is -2.44. The van der Waals surface area contributed by atoms with Gasteiger partial charge in [0.25, 0.3) is 5.22 Å². The second kappa shape index (κ2) is 8.24. The van der Waals surface area contributed by atoms with Crippen molar-refractivity contribution in [1.82, 2.24) is 9.88 Å². The van der Waals surface area contributed by atoms with Crippen LogP contribution in [-0.4, -0.2) is 53.6 Å². The van der Waals surface area contributed by atoms with Crippen molar-refractivity contribution < 1.29 is 17.6 Å². The van der Waals surface area contributed by atoms with E-state index in [0.29, 0.717) is 29.0 Å². The Morgan fingerprint density at radius 3 is 2.70 bits per heavy atom. The van der Waals surface area contributed by atoms with Gasteiger partial charge in [-0.2, -0.15) is 0 Å². The first-order chi connectivity index (χ1) is 12.8. The van der Waals surface area contributed by atoms with E-state index >= 15 is 0 Å². The highest BCUT2D eigenvalue weighted by molar-refractivity contribution is 8.00. The molecule has 1 saturated heterocycles. The van der Waals surface area contributed by atoms with Crippen LogP contribution in [0.25, 0.3) is 11.3 Å². The lowest BCUT2D eigenvalue weighted by molar-refractivity contribution is -0.131. The maximum atomic E-state index is 12.8. The van der Waals surface area contributed by atoms with E-state index in [0.717, 1.165) is 5.56 Å². The maximum absolute atomic E-state index is 12.8. The minimum Gasteiger partial charge on any atom is -0.431 e. The van der Waals surface area contributed by atoms with Crippen molar-refractivity contribution >= 4 is 39.1 Å². The van der Waals surface area contributed by atoms with Crippen molar-refractivity contribution in [2.24, 2.45) is 0 Å². The molecule has 6 nitrogen and oxygen atoms in total. The van der Waals surface area contributed by atoms with Gasteiger partial charge in [0.1, 0.15) is 0 Å². The van der Waals surface area contributed by atoms with Crippen LogP contribution in [0.4, 0.5) is 0 Å². The molecule has 2 heterocycles. The van der Waals surface area contributed by atoms with Crippen LogP contribution in [0.1, 0.15) is 20.3 Å². The van der Waals surface area contributed by atoms with E-state index in [1.165, 1.54) is 11.8 Å². The quantitative estimate of drug-likeness (QED) is 0.655. The molecule has 2 atom stereocenters. The molecular weight excluding hydrogens is 408 g/mol. The van der Waals surface area contributed by atoms with Crippen LogP contribution in [0.2, 0.25) is 5.02 Å². The Kier molecular flexibility index (Phi) is 6.18. The minimum atomic E-state index is -3.04. The topological polar surface area (TPSA) is 80.5 Å². The molecule has 0 radical (unpaired) electrons. The third kappa shape index (κ3) is 4.86. The highest BCUT2D eigenvalue weighted by Crippen LogP contribution is 2.30. The monoisotopic (exact) mass is 428 g/mol. The lowest BCUT2D eigenvalue weighted by Gasteiger charge is -2.28. The molecule has 1 aromatic carbocycles. The van der Waals surface area contributed by atoms with Crippen LogP contribution in [0.15, 0.2) is 40.1 Å². The van der Waals surface area contributed by atoms with Crippen molar-refractivity contribution in [3.63, 3.8) is 0 Å². The number of aromatic nitrogens is 1. The smallest absolute Gasteiger partial charge is 0.256 e. The first kappa shape index (κ1) is 20.2. The van der Waals surface area contributed by atoms with Gasteiger partial charge in [-0.1, -0.05) is 23.4 Å². The zero-order valence-corrected chi connectivity index (χ0v) is 17.5. The van der Waals surface area contributed by atoms with Crippen LogP contribution >= 0.6 is 23.4 Å². The van der Waals surface area contributed by atoms with E-state index in [-0.39, 0.29) is 23.5 Å². The highest BCUT2D eigenvalue weighted by Gasteiger charge is 2.35. The van der Waals surface area contributed by atoms with E-state index < -0.39 is 15.1 Å². The summed E-state index contributed by atoms with van der Waals surface area (Å²) in [5.41, 5.74) is 0.851. The number of carbonyl (C=O) groups excluding carboxylic acids is 1. The fourth-order valence-electron chi connectivity index (χ4n) is 3.11. The number of amides is 1. The molecule has 0 unspecified atom stereocenters. The molecule has 27 heavy (non-hydrogen) atoms. The van der Waals surface area contributed by atoms with Crippen LogP contribution in [-0.2, 0) is 14.6 Å². The van der Waals surface area contributed by atoms with Crippen LogP contribution < -0.4 is 0 Å². The van der Waals surface area contributed by atoms with Gasteiger partial charge in [-0.3, -0.25) is 4.79 Å². The first-order valence-corrected chi connectivity index (χ1v) is 11.8. The van der Waals surface area contributed by atoms with Crippen LogP contribution in [0.5, 0.6) is 0 Å². The van der Waals surface area contributed by atoms with E-state index in [9.17, 15) is 13.2 Å². The Bertz CT molecular complexity index is 912. The molecule has 0 N–H and O–H groups in total. The molecular formula is C18H21ClN2O4S2. The summed E-state index contributed by atoms with van der Waals surface area (Å²) in [7, 11) is -3.04. The number of rotatable bonds is 6. The molecule has 0 bridgehead atoms. The Hall–Kier alpha value is -1.51. The number of sulfone groups is 1. The predicted molar refractivity (Wildman–Crippen MR) is 107 cm³/mol. The molecule has 1 aromatic heterocycles. The summed E-state index contributed by atoms with van der Waals surface area (Å²) in [6, 6.07) is 6.97. The number of thioether (sulfide) groups is 1. The molecule has 146 valence electrons. The molecule has 0 aliphatic carbocycles. The molecule has 1 aliphatic rings. The number of hydrogen-bond donors (Lipinski definition) is 0. The second-order valence-electron chi connectivity index (χ2n) is 6.44. The fourth-order valence-corrected chi connectivity index (χ4v) is 5.76. The summed E-state index contributed by atoms with van der Waals surface area (Å²) in [5, 5.41) is 0.613. The van der Waals surface area contributed by atoms with Gasteiger partial charge in [0.15, 0.2) is 15.6 Å². The first-order valence-electron chi connectivity index (χ1n) is 8.68. The summed E-state index contributed by atoms with van der Waals surface area (Å²) < 4.78 is 29.2. The normalized spacial score (nSPS) is 19.7. The lowest BCUT2D eigenvalue weighted by atomic mass is 10.2. The summed E-state index contributed by atoms with van der Waals surface area (Å²) in [6.45, 7) is 4.13. The second-order valence-corrected chi connectivity index (χ2v) is 10.4. The Morgan fingerprint density at radius 1 is 1.41 bits per heavy atom. The average Bonchev–Trinajstić information content (AvgIpc) is 3.22. The van der Waals surface area contributed by atoms with Crippen molar-refractivity contribution in [3.8, 4) is 11.3 Å². The summed E-state index contributed by atoms with van der Waals surface area (Å²) in [4.78, 5) is 18.7. The molecule has 3 rings (SSSR count). The number of nitrogens with zero attached hydrogens (tertiary/aromatic N) is 2. The van der Waals surface area contributed by atoms with Gasteiger partial charge in [-0.15, -0.1) is 0 Å². The molecule has 0 spiro atoms. The van der Waals surface area contributed by atoms with Gasteiger partial charge in [-0.05, 0) is 44.5 Å². The number of hydrogen-bond acceptors (Lipinski definition) is 6. The van der Waals surface area contributed by atoms with Gasteiger partial charge >= 0.3 is 0 Å². The van der Waals surface area contributed by atoms with Gasteiger partial charge < -0.3 is 9.32 Å². The van der Waals surface area contributed by atoms with Crippen LogP contribution in [0, 0.1) is 0 Å². The fraction of sp³-hybridized carbons (Fsp3) is 0.444. The SMILES string of the molecule is CCN(C(=O)[C@H](C)Sc1ncc(-c2ccc(Cl)cc2)o1)[C@@H]1CCS(=O)(=O)C1. The summed E-state index contributed by atoms with van der Waals surface area (Å²) in [6.07, 6.45) is 2.11. The molecule has 2 aromatic rings. The van der Waals surface area contributed by atoms with Gasteiger partial charge in [-0.25, -0.2) is 13.4 Å². The van der Waals surface area contributed by atoms with Crippen molar-refractivity contribution in [3.05, 3.63) is 35.5 Å². The molecule has 0 saturated carbocycles. The van der Waals surface area contributed by atoms with Crippen molar-refractivity contribution in [2.75, 3.05) is 18.1 Å². The zero-order chi connectivity index (χ0) is 19.6. The largest absolute Gasteiger partial charge is 0.431 e. The van der Waals surface area contributed by atoms with E-state index in [1.807, 2.05) is 19.1 Å².